The third kappa shape index (κ3) is 4.20. The first-order chi connectivity index (χ1) is 15.4. The minimum atomic E-state index is -0.415. The zero-order chi connectivity index (χ0) is 22.8. The van der Waals surface area contributed by atoms with Gasteiger partial charge in [0.05, 0.1) is 6.61 Å². The van der Waals surface area contributed by atoms with E-state index in [1.165, 1.54) is 18.8 Å². The molecule has 8 heteroatoms. The van der Waals surface area contributed by atoms with Crippen molar-refractivity contribution in [2.45, 2.75) is 31.8 Å². The van der Waals surface area contributed by atoms with Crippen LogP contribution in [0.2, 0.25) is 0 Å². The summed E-state index contributed by atoms with van der Waals surface area (Å²) in [4.78, 5) is 35.4. The topological polar surface area (TPSA) is 90.0 Å². The third-order valence-corrected chi connectivity index (χ3v) is 6.26. The molecule has 0 unspecified atom stereocenters. The van der Waals surface area contributed by atoms with Gasteiger partial charge in [-0.15, -0.1) is 11.8 Å². The van der Waals surface area contributed by atoms with Crippen LogP contribution in [0.4, 0.5) is 0 Å². The van der Waals surface area contributed by atoms with Crippen LogP contribution in [0.5, 0.6) is 0 Å². The van der Waals surface area contributed by atoms with Gasteiger partial charge in [-0.3, -0.25) is 13.9 Å². The van der Waals surface area contributed by atoms with Crippen LogP contribution in [0.1, 0.15) is 25.2 Å². The van der Waals surface area contributed by atoms with Gasteiger partial charge in [-0.1, -0.05) is 56.3 Å². The van der Waals surface area contributed by atoms with Gasteiger partial charge in [-0.25, -0.2) is 14.8 Å². The van der Waals surface area contributed by atoms with Crippen molar-refractivity contribution in [3.63, 3.8) is 0 Å². The maximum Gasteiger partial charge on any atom is 0.332 e. The molecule has 2 heterocycles. The lowest BCUT2D eigenvalue weighted by atomic mass is 10.0. The summed E-state index contributed by atoms with van der Waals surface area (Å²) in [6.45, 7) is 4.44. The molecule has 2 aromatic carbocycles. The predicted molar refractivity (Wildman–Crippen MR) is 128 cm³/mol. The molecule has 4 aromatic rings. The van der Waals surface area contributed by atoms with E-state index in [0.717, 1.165) is 20.9 Å². The number of nitrogens with zero attached hydrogens (tertiary/aromatic N) is 4. The quantitative estimate of drug-likeness (QED) is 0.344. The van der Waals surface area contributed by atoms with Gasteiger partial charge < -0.3 is 5.11 Å². The molecule has 32 heavy (non-hydrogen) atoms. The Bertz CT molecular complexity index is 1400. The van der Waals surface area contributed by atoms with E-state index in [0.29, 0.717) is 40.6 Å². The van der Waals surface area contributed by atoms with Crippen LogP contribution in [0.15, 0.2) is 57.1 Å². The van der Waals surface area contributed by atoms with Gasteiger partial charge in [-0.2, -0.15) is 0 Å². The minimum absolute atomic E-state index is 0.0409. The SMILES string of the molecule is CC(C)Cn1c(=O)n(C)c(=O)c2c(SCCO)nc(Cc3cccc4ccccc34)nc21. The first kappa shape index (κ1) is 22.2. The number of thioether (sulfide) groups is 1. The highest BCUT2D eigenvalue weighted by atomic mass is 32.2. The third-order valence-electron chi connectivity index (χ3n) is 5.30. The van der Waals surface area contributed by atoms with Crippen molar-refractivity contribution in [1.29, 1.82) is 0 Å². The van der Waals surface area contributed by atoms with Gasteiger partial charge in [0.15, 0.2) is 5.65 Å². The number of aromatic nitrogens is 4. The largest absolute Gasteiger partial charge is 0.396 e. The lowest BCUT2D eigenvalue weighted by molar-refractivity contribution is 0.322. The number of hydrogen-bond donors (Lipinski definition) is 1. The van der Waals surface area contributed by atoms with Crippen LogP contribution < -0.4 is 11.2 Å². The second-order valence-corrected chi connectivity index (χ2v) is 9.27. The van der Waals surface area contributed by atoms with E-state index in [-0.39, 0.29) is 18.2 Å². The van der Waals surface area contributed by atoms with Crippen LogP contribution in [0.3, 0.4) is 0 Å². The zero-order valence-corrected chi connectivity index (χ0v) is 19.2. The maximum absolute atomic E-state index is 13.0. The van der Waals surface area contributed by atoms with Crippen LogP contribution in [0.25, 0.3) is 21.8 Å². The number of benzene rings is 2. The van der Waals surface area contributed by atoms with Crippen molar-refractivity contribution in [2.75, 3.05) is 12.4 Å². The fourth-order valence-corrected chi connectivity index (χ4v) is 4.63. The van der Waals surface area contributed by atoms with Crippen LogP contribution >= 0.6 is 11.8 Å². The number of fused-ring (bicyclic) bond motifs is 2. The summed E-state index contributed by atoms with van der Waals surface area (Å²) in [6, 6.07) is 14.2. The van der Waals surface area contributed by atoms with Crippen LogP contribution in [-0.4, -0.2) is 36.6 Å². The summed E-state index contributed by atoms with van der Waals surface area (Å²) in [5.41, 5.74) is 0.630. The zero-order valence-electron chi connectivity index (χ0n) is 18.4. The van der Waals surface area contributed by atoms with Crippen molar-refractivity contribution < 1.29 is 5.11 Å². The molecule has 0 bridgehead atoms. The highest BCUT2D eigenvalue weighted by molar-refractivity contribution is 7.99. The van der Waals surface area contributed by atoms with Gasteiger partial charge in [-0.05, 0) is 22.3 Å². The van der Waals surface area contributed by atoms with Gasteiger partial charge >= 0.3 is 5.69 Å². The molecule has 0 saturated carbocycles. The molecule has 4 rings (SSSR count). The average molecular weight is 451 g/mol. The van der Waals surface area contributed by atoms with Crippen molar-refractivity contribution in [3.05, 3.63) is 74.7 Å². The van der Waals surface area contributed by atoms with Gasteiger partial charge in [0.2, 0.25) is 0 Å². The molecule has 0 atom stereocenters. The Morgan fingerprint density at radius 2 is 1.81 bits per heavy atom. The number of aliphatic hydroxyl groups excluding tert-OH is 1. The lowest BCUT2D eigenvalue weighted by Crippen LogP contribution is -2.39. The number of aliphatic hydroxyl groups is 1. The first-order valence-corrected chi connectivity index (χ1v) is 11.6. The van der Waals surface area contributed by atoms with Gasteiger partial charge in [0, 0.05) is 25.8 Å². The molecule has 0 spiro atoms. The highest BCUT2D eigenvalue weighted by Gasteiger charge is 2.20. The second-order valence-electron chi connectivity index (χ2n) is 8.18. The minimum Gasteiger partial charge on any atom is -0.396 e. The van der Waals surface area contributed by atoms with Gasteiger partial charge in [0.1, 0.15) is 16.2 Å². The molecule has 0 aliphatic heterocycles. The monoisotopic (exact) mass is 450 g/mol. The smallest absolute Gasteiger partial charge is 0.332 e. The molecule has 0 fully saturated rings. The van der Waals surface area contributed by atoms with Gasteiger partial charge in [0.25, 0.3) is 5.56 Å². The molecule has 0 radical (unpaired) electrons. The maximum atomic E-state index is 13.0. The van der Waals surface area contributed by atoms with E-state index in [2.05, 4.69) is 18.2 Å². The summed E-state index contributed by atoms with van der Waals surface area (Å²) in [5.74, 6) is 1.13. The Morgan fingerprint density at radius 1 is 1.06 bits per heavy atom. The molecule has 0 amide bonds. The Labute approximate surface area is 189 Å². The van der Waals surface area contributed by atoms with Crippen LogP contribution in [0, 0.1) is 5.92 Å². The molecule has 0 saturated heterocycles. The molecule has 0 aliphatic carbocycles. The standard InChI is InChI=1S/C24H26N4O3S/c1-15(2)14-28-21-20(23(30)27(3)24(28)31)22(32-12-11-29)26-19(25-21)13-17-9-6-8-16-7-4-5-10-18(16)17/h4-10,15,29H,11-14H2,1-3H3. The van der Waals surface area contributed by atoms with Crippen molar-refractivity contribution in [3.8, 4) is 0 Å². The second kappa shape index (κ2) is 9.26. The van der Waals surface area contributed by atoms with Crippen molar-refractivity contribution in [2.24, 2.45) is 13.0 Å². The fraction of sp³-hybridized carbons (Fsp3) is 0.333. The summed E-state index contributed by atoms with van der Waals surface area (Å²) in [7, 11) is 1.48. The van der Waals surface area contributed by atoms with E-state index in [1.54, 1.807) is 4.57 Å². The summed E-state index contributed by atoms with van der Waals surface area (Å²) >= 11 is 1.30. The average Bonchev–Trinajstić information content (AvgIpc) is 2.78. The van der Waals surface area contributed by atoms with E-state index < -0.39 is 5.56 Å². The van der Waals surface area contributed by atoms with Crippen molar-refractivity contribution >= 4 is 33.6 Å². The normalized spacial score (nSPS) is 11.7. The fourth-order valence-electron chi connectivity index (χ4n) is 3.85. The predicted octanol–water partition coefficient (Wildman–Crippen LogP) is 2.97. The molecular formula is C24H26N4O3S. The molecule has 166 valence electrons. The highest BCUT2D eigenvalue weighted by Crippen LogP contribution is 2.25. The summed E-state index contributed by atoms with van der Waals surface area (Å²) in [6.07, 6.45) is 0.467. The Morgan fingerprint density at radius 3 is 2.56 bits per heavy atom. The summed E-state index contributed by atoms with van der Waals surface area (Å²) < 4.78 is 2.68. The molecular weight excluding hydrogens is 424 g/mol. The van der Waals surface area contributed by atoms with Crippen molar-refractivity contribution in [1.82, 2.24) is 19.1 Å². The Balaban J connectivity index is 1.96. The van der Waals surface area contributed by atoms with Crippen LogP contribution in [-0.2, 0) is 20.0 Å². The van der Waals surface area contributed by atoms with E-state index in [4.69, 9.17) is 9.97 Å². The number of rotatable bonds is 7. The Hall–Kier alpha value is -2.97. The molecule has 1 N–H and O–H groups in total. The molecule has 0 aliphatic rings. The van der Waals surface area contributed by atoms with E-state index >= 15 is 0 Å². The van der Waals surface area contributed by atoms with E-state index in [1.807, 2.05) is 38.1 Å². The lowest BCUT2D eigenvalue weighted by Gasteiger charge is -2.16. The molecule has 2 aromatic heterocycles. The summed E-state index contributed by atoms with van der Waals surface area (Å²) in [5, 5.41) is 12.4. The number of hydrogen-bond acceptors (Lipinski definition) is 6. The van der Waals surface area contributed by atoms with E-state index in [9.17, 15) is 14.7 Å². The first-order valence-electron chi connectivity index (χ1n) is 10.6. The molecule has 7 nitrogen and oxygen atoms in total. The Kier molecular flexibility index (Phi) is 6.43.